The molecule has 0 aliphatic carbocycles. The predicted molar refractivity (Wildman–Crippen MR) is 171 cm³/mol. The molecule has 0 saturated carbocycles. The number of para-hydroxylation sites is 6. The standard InChI is InChI=1S/C36H28N6/c1-3-23-12-9-20-31-33(23)37-35-39(27-16-5-7-18-29(27)41(31)35)25-14-11-15-26(22-25)40-28-17-6-8-19-30(28)42-32-21-10-13-24(4-2)34(32)38-36(40)42/h5-22H,3-4H2,1-2H3/i1D3,2D3. The highest BCUT2D eigenvalue weighted by Crippen LogP contribution is 2.34. The Hall–Kier alpha value is -5.36. The highest BCUT2D eigenvalue weighted by Gasteiger charge is 2.21. The maximum Gasteiger partial charge on any atom is 0.220 e. The normalized spacial score (nSPS) is 15.0. The molecule has 0 amide bonds. The van der Waals surface area contributed by atoms with Crippen LogP contribution in [0.25, 0.3) is 67.1 Å². The average Bonchev–Trinajstić information content (AvgIpc) is 3.77. The minimum absolute atomic E-state index is 0.0681. The summed E-state index contributed by atoms with van der Waals surface area (Å²) < 4.78 is 55.8. The van der Waals surface area contributed by atoms with Gasteiger partial charge in [-0.3, -0.25) is 17.9 Å². The van der Waals surface area contributed by atoms with Crippen LogP contribution in [0.5, 0.6) is 0 Å². The Kier molecular flexibility index (Phi) is 3.70. The molecule has 0 fully saturated rings. The Bertz CT molecular complexity index is 2540. The summed E-state index contributed by atoms with van der Waals surface area (Å²) in [4.78, 5) is 10.2. The minimum atomic E-state index is -2.12. The number of hydrogen-bond donors (Lipinski definition) is 0. The lowest BCUT2D eigenvalue weighted by atomic mass is 10.1. The smallest absolute Gasteiger partial charge is 0.220 e. The Morgan fingerprint density at radius 1 is 0.500 bits per heavy atom. The molecule has 0 radical (unpaired) electrons. The molecule has 9 rings (SSSR count). The number of rotatable bonds is 4. The van der Waals surface area contributed by atoms with Crippen molar-refractivity contribution in [1.82, 2.24) is 27.9 Å². The third kappa shape index (κ3) is 2.98. The van der Waals surface area contributed by atoms with Crippen molar-refractivity contribution in [2.45, 2.75) is 26.5 Å². The van der Waals surface area contributed by atoms with E-state index < -0.39 is 13.7 Å². The van der Waals surface area contributed by atoms with E-state index in [1.807, 2.05) is 78.9 Å². The van der Waals surface area contributed by atoms with Gasteiger partial charge in [0, 0.05) is 8.22 Å². The second-order valence-electron chi connectivity index (χ2n) is 10.6. The fraction of sp³-hybridized carbons (Fsp3) is 0.111. The van der Waals surface area contributed by atoms with Crippen molar-refractivity contribution in [3.05, 3.63) is 120 Å². The van der Waals surface area contributed by atoms with Gasteiger partial charge < -0.3 is 0 Å². The second-order valence-corrected chi connectivity index (χ2v) is 10.6. The number of aromatic nitrogens is 6. The van der Waals surface area contributed by atoms with Crippen LogP contribution in [0.3, 0.4) is 0 Å². The summed E-state index contributed by atoms with van der Waals surface area (Å²) in [6, 6.07) is 35.8. The Morgan fingerprint density at radius 2 is 0.929 bits per heavy atom. The van der Waals surface area contributed by atoms with Gasteiger partial charge in [0.1, 0.15) is 0 Å². The van der Waals surface area contributed by atoms with Crippen LogP contribution in [0.2, 0.25) is 0 Å². The summed E-state index contributed by atoms with van der Waals surface area (Å²) in [5.41, 5.74) is 10.0. The molecule has 6 nitrogen and oxygen atoms in total. The van der Waals surface area contributed by atoms with Gasteiger partial charge in [-0.15, -0.1) is 0 Å². The van der Waals surface area contributed by atoms with Gasteiger partial charge in [-0.05, 0) is 78.6 Å². The van der Waals surface area contributed by atoms with E-state index in [0.717, 1.165) is 44.5 Å². The van der Waals surface area contributed by atoms with Gasteiger partial charge >= 0.3 is 0 Å². The zero-order chi connectivity index (χ0) is 32.9. The summed E-state index contributed by atoms with van der Waals surface area (Å²) in [7, 11) is 0. The number of benzene rings is 5. The van der Waals surface area contributed by atoms with Crippen LogP contribution in [-0.4, -0.2) is 27.9 Å². The van der Waals surface area contributed by atoms with Crippen molar-refractivity contribution < 1.29 is 8.22 Å². The van der Waals surface area contributed by atoms with E-state index >= 15 is 0 Å². The first-order chi connectivity index (χ1) is 23.1. The molecular weight excluding hydrogens is 516 g/mol. The van der Waals surface area contributed by atoms with E-state index in [0.29, 0.717) is 33.7 Å². The van der Waals surface area contributed by atoms with Gasteiger partial charge in [0.2, 0.25) is 11.6 Å². The lowest BCUT2D eigenvalue weighted by Gasteiger charge is -2.10. The molecule has 0 N–H and O–H groups in total. The van der Waals surface area contributed by atoms with Crippen molar-refractivity contribution in [2.24, 2.45) is 0 Å². The van der Waals surface area contributed by atoms with E-state index in [9.17, 15) is 0 Å². The highest BCUT2D eigenvalue weighted by atomic mass is 15.2. The largest absolute Gasteiger partial charge is 0.278 e. The first-order valence-corrected chi connectivity index (χ1v) is 14.0. The predicted octanol–water partition coefficient (Wildman–Crippen LogP) is 8.30. The van der Waals surface area contributed by atoms with E-state index in [4.69, 9.17) is 18.2 Å². The van der Waals surface area contributed by atoms with Gasteiger partial charge in [0.15, 0.2) is 0 Å². The van der Waals surface area contributed by atoms with Gasteiger partial charge in [0.25, 0.3) is 0 Å². The van der Waals surface area contributed by atoms with Crippen LogP contribution in [0.15, 0.2) is 109 Å². The maximum atomic E-state index is 7.90. The quantitative estimate of drug-likeness (QED) is 0.221. The van der Waals surface area contributed by atoms with Crippen molar-refractivity contribution >= 4 is 55.7 Å². The molecule has 0 spiro atoms. The van der Waals surface area contributed by atoms with Crippen molar-refractivity contribution in [1.29, 1.82) is 0 Å². The van der Waals surface area contributed by atoms with Crippen LogP contribution in [-0.2, 0) is 12.8 Å². The van der Waals surface area contributed by atoms with Gasteiger partial charge in [-0.1, -0.05) is 68.3 Å². The zero-order valence-electron chi connectivity index (χ0n) is 28.5. The van der Waals surface area contributed by atoms with E-state index in [-0.39, 0.29) is 12.8 Å². The lowest BCUT2D eigenvalue weighted by Crippen LogP contribution is -2.00. The molecule has 42 heavy (non-hydrogen) atoms. The third-order valence-corrected chi connectivity index (χ3v) is 8.36. The first kappa shape index (κ1) is 18.1. The minimum Gasteiger partial charge on any atom is -0.278 e. The number of hydrogen-bond acceptors (Lipinski definition) is 2. The fourth-order valence-electron chi connectivity index (χ4n) is 6.53. The summed E-state index contributed by atoms with van der Waals surface area (Å²) in [6.45, 7) is -4.24. The molecule has 0 atom stereocenters. The SMILES string of the molecule is [2H]C([2H])([2H])Cc1cccc2c1nc1n(-c3cccc(-n4c5ccccc5n5c6cccc(CC([2H])([2H])[2H])c6nc45)c3)c3ccccc3n21. The van der Waals surface area contributed by atoms with Crippen LogP contribution < -0.4 is 0 Å². The number of aryl methyl sites for hydroxylation is 2. The van der Waals surface area contributed by atoms with Gasteiger partial charge in [0.05, 0.1) is 55.5 Å². The molecule has 6 heteroatoms. The number of imidazole rings is 4. The molecule has 0 saturated heterocycles. The molecule has 0 aliphatic rings. The molecule has 0 aliphatic heterocycles. The van der Waals surface area contributed by atoms with Crippen molar-refractivity contribution in [3.8, 4) is 11.4 Å². The molecule has 0 bridgehead atoms. The summed E-state index contributed by atoms with van der Waals surface area (Å²) in [5.74, 6) is 1.37. The molecule has 202 valence electrons. The van der Waals surface area contributed by atoms with Crippen LogP contribution in [0, 0.1) is 0 Å². The van der Waals surface area contributed by atoms with Crippen molar-refractivity contribution in [3.63, 3.8) is 0 Å². The van der Waals surface area contributed by atoms with Crippen molar-refractivity contribution in [2.75, 3.05) is 0 Å². The highest BCUT2D eigenvalue weighted by molar-refractivity contribution is 5.95. The van der Waals surface area contributed by atoms with Gasteiger partial charge in [-0.25, -0.2) is 9.97 Å². The summed E-state index contributed by atoms with van der Waals surface area (Å²) >= 11 is 0. The second kappa shape index (κ2) is 8.57. The van der Waals surface area contributed by atoms with Crippen LogP contribution in [0.4, 0.5) is 0 Å². The maximum absolute atomic E-state index is 7.90. The Labute approximate surface area is 250 Å². The van der Waals surface area contributed by atoms with Crippen LogP contribution in [0.1, 0.15) is 33.1 Å². The average molecular weight is 551 g/mol. The third-order valence-electron chi connectivity index (χ3n) is 8.36. The van der Waals surface area contributed by atoms with E-state index in [2.05, 4.69) is 48.3 Å². The Morgan fingerprint density at radius 3 is 1.40 bits per heavy atom. The first-order valence-electron chi connectivity index (χ1n) is 17.0. The monoisotopic (exact) mass is 550 g/mol. The number of fused-ring (bicyclic) bond motifs is 10. The molecule has 0 unspecified atom stereocenters. The fourth-order valence-corrected chi connectivity index (χ4v) is 6.53. The van der Waals surface area contributed by atoms with Gasteiger partial charge in [-0.2, -0.15) is 0 Å². The topological polar surface area (TPSA) is 44.5 Å². The molecular formula is C36H28N6. The van der Waals surface area contributed by atoms with E-state index in [1.165, 1.54) is 0 Å². The Balaban J connectivity index is 1.30. The summed E-state index contributed by atoms with van der Waals surface area (Å²) in [6.07, 6.45) is -0.136. The zero-order valence-corrected chi connectivity index (χ0v) is 22.5. The van der Waals surface area contributed by atoms with Crippen LogP contribution >= 0.6 is 0 Å². The lowest BCUT2D eigenvalue weighted by molar-refractivity contribution is 1.07. The summed E-state index contributed by atoms with van der Waals surface area (Å²) in [5, 5.41) is 0. The molecule has 4 aromatic heterocycles. The van der Waals surface area contributed by atoms with E-state index in [1.54, 1.807) is 0 Å². The molecule has 4 heterocycles. The molecule has 9 aromatic rings. The molecule has 5 aromatic carbocycles. The number of nitrogens with zero attached hydrogens (tertiary/aromatic N) is 6.